The summed E-state index contributed by atoms with van der Waals surface area (Å²) in [5.41, 5.74) is 1.91. The number of amides is 3. The molecule has 0 aliphatic carbocycles. The van der Waals surface area contributed by atoms with Crippen LogP contribution >= 0.6 is 0 Å². The molecule has 3 amide bonds. The summed E-state index contributed by atoms with van der Waals surface area (Å²) in [6, 6.07) is 11.7. The van der Waals surface area contributed by atoms with Crippen LogP contribution in [0, 0.1) is 25.7 Å². The number of ether oxygens (including phenoxy) is 2. The maximum atomic E-state index is 15.0. The molecule has 0 aliphatic rings. The van der Waals surface area contributed by atoms with Gasteiger partial charge in [0.05, 0.1) is 0 Å². The number of hydrogen-bond donors (Lipinski definition) is 2. The van der Waals surface area contributed by atoms with Crippen molar-refractivity contribution < 1.29 is 28.7 Å². The Kier molecular flexibility index (Phi) is 15.5. The first-order valence-corrected chi connectivity index (χ1v) is 18.1. The molecule has 9 heteroatoms. The van der Waals surface area contributed by atoms with Gasteiger partial charge in [-0.15, -0.1) is 0 Å². The van der Waals surface area contributed by atoms with Crippen LogP contribution in [-0.4, -0.2) is 58.1 Å². The van der Waals surface area contributed by atoms with Crippen LogP contribution < -0.4 is 10.6 Å². The van der Waals surface area contributed by atoms with Gasteiger partial charge in [-0.3, -0.25) is 9.59 Å². The lowest BCUT2D eigenvalue weighted by Crippen LogP contribution is -2.58. The first kappa shape index (κ1) is 42.3. The van der Waals surface area contributed by atoms with E-state index in [0.717, 1.165) is 23.1 Å². The first-order valence-electron chi connectivity index (χ1n) is 18.1. The highest BCUT2D eigenvalue weighted by Gasteiger charge is 2.41. The molecule has 5 unspecified atom stereocenters. The summed E-state index contributed by atoms with van der Waals surface area (Å²) in [5, 5.41) is 5.86. The lowest BCUT2D eigenvalue weighted by molar-refractivity contribution is -0.159. The normalized spacial score (nSPS) is 14.9. The molecule has 5 atom stereocenters. The monoisotopic (exact) mass is 693 g/mol. The van der Waals surface area contributed by atoms with Crippen molar-refractivity contribution in [3.8, 4) is 0 Å². The molecule has 0 fully saturated rings. The zero-order valence-corrected chi connectivity index (χ0v) is 32.8. The summed E-state index contributed by atoms with van der Waals surface area (Å²) < 4.78 is 11.4. The smallest absolute Gasteiger partial charge is 0.408 e. The van der Waals surface area contributed by atoms with E-state index in [1.54, 1.807) is 46.4 Å². The molecular weight excluding hydrogens is 630 g/mol. The topological polar surface area (TPSA) is 114 Å². The number of aryl methyl sites for hydroxylation is 2. The zero-order chi connectivity index (χ0) is 38.0. The van der Waals surface area contributed by atoms with Crippen LogP contribution in [0.25, 0.3) is 0 Å². The van der Waals surface area contributed by atoms with Gasteiger partial charge < -0.3 is 25.0 Å². The Morgan fingerprint density at radius 3 is 1.90 bits per heavy atom. The number of benzene rings is 2. The number of alkyl carbamates (subject to hydrolysis) is 1. The Bertz CT molecular complexity index is 1430. The lowest BCUT2D eigenvalue weighted by Gasteiger charge is -2.40. The average Bonchev–Trinajstić information content (AvgIpc) is 3.00. The minimum atomic E-state index is -1.11. The largest absolute Gasteiger partial charge is 0.458 e. The van der Waals surface area contributed by atoms with E-state index in [4.69, 9.17) is 9.47 Å². The lowest BCUT2D eigenvalue weighted by atomic mass is 9.92. The van der Waals surface area contributed by atoms with Crippen molar-refractivity contribution in [1.82, 2.24) is 15.5 Å². The molecule has 0 saturated carbocycles. The summed E-state index contributed by atoms with van der Waals surface area (Å²) in [6.45, 7) is 24.7. The predicted octanol–water partition coefficient (Wildman–Crippen LogP) is 8.01. The first-order chi connectivity index (χ1) is 23.1. The van der Waals surface area contributed by atoms with Crippen LogP contribution in [0.15, 0.2) is 48.5 Å². The molecule has 2 aromatic rings. The summed E-state index contributed by atoms with van der Waals surface area (Å²) in [6.07, 6.45) is 1.53. The molecule has 50 heavy (non-hydrogen) atoms. The van der Waals surface area contributed by atoms with Crippen molar-refractivity contribution in [2.75, 3.05) is 0 Å². The number of hydrogen-bond acceptors (Lipinski definition) is 6. The highest BCUT2D eigenvalue weighted by Crippen LogP contribution is 2.30. The Balaban J connectivity index is 2.77. The van der Waals surface area contributed by atoms with E-state index in [1.807, 2.05) is 83.1 Å². The number of rotatable bonds is 15. The van der Waals surface area contributed by atoms with Crippen molar-refractivity contribution in [2.45, 2.75) is 151 Å². The van der Waals surface area contributed by atoms with E-state index >= 15 is 0 Å². The van der Waals surface area contributed by atoms with Gasteiger partial charge in [0.1, 0.15) is 29.3 Å². The fourth-order valence-electron chi connectivity index (χ4n) is 5.63. The second kappa shape index (κ2) is 18.4. The van der Waals surface area contributed by atoms with Crippen molar-refractivity contribution in [1.29, 1.82) is 0 Å². The third-order valence-corrected chi connectivity index (χ3v) is 8.71. The van der Waals surface area contributed by atoms with Crippen molar-refractivity contribution in [2.24, 2.45) is 11.8 Å². The van der Waals surface area contributed by atoms with Gasteiger partial charge in [0, 0.05) is 12.5 Å². The van der Waals surface area contributed by atoms with Gasteiger partial charge in [0.15, 0.2) is 0 Å². The fraction of sp³-hybridized carbons (Fsp3) is 0.610. The molecule has 9 nitrogen and oxygen atoms in total. The average molecular weight is 694 g/mol. The molecule has 0 bridgehead atoms. The van der Waals surface area contributed by atoms with Gasteiger partial charge in [-0.2, -0.15) is 0 Å². The molecule has 0 saturated heterocycles. The molecule has 0 aromatic heterocycles. The minimum Gasteiger partial charge on any atom is -0.458 e. The molecule has 0 spiro atoms. The highest BCUT2D eigenvalue weighted by molar-refractivity contribution is 5.94. The third-order valence-electron chi connectivity index (χ3n) is 8.71. The van der Waals surface area contributed by atoms with Crippen LogP contribution in [0.2, 0.25) is 0 Å². The number of esters is 1. The quantitative estimate of drug-likeness (QED) is 0.183. The van der Waals surface area contributed by atoms with Gasteiger partial charge in [-0.1, -0.05) is 82.6 Å². The van der Waals surface area contributed by atoms with Crippen LogP contribution in [0.1, 0.15) is 124 Å². The van der Waals surface area contributed by atoms with E-state index in [0.29, 0.717) is 24.3 Å². The fourth-order valence-corrected chi connectivity index (χ4v) is 5.63. The van der Waals surface area contributed by atoms with E-state index in [-0.39, 0.29) is 12.3 Å². The molecule has 2 rings (SSSR count). The number of nitrogens with zero attached hydrogens (tertiary/aromatic N) is 1. The summed E-state index contributed by atoms with van der Waals surface area (Å²) in [5.74, 6) is -1.38. The Labute approximate surface area is 301 Å². The van der Waals surface area contributed by atoms with Gasteiger partial charge in [-0.05, 0) is 109 Å². The second-order valence-electron chi connectivity index (χ2n) is 16.1. The molecule has 278 valence electrons. The van der Waals surface area contributed by atoms with Crippen LogP contribution in [0.4, 0.5) is 4.79 Å². The zero-order valence-electron chi connectivity index (χ0n) is 32.8. The molecule has 2 N–H and O–H groups in total. The molecule has 0 radical (unpaired) electrons. The maximum Gasteiger partial charge on any atom is 0.408 e. The molecule has 2 aromatic carbocycles. The van der Waals surface area contributed by atoms with Gasteiger partial charge in [-0.25, -0.2) is 9.59 Å². The van der Waals surface area contributed by atoms with Crippen molar-refractivity contribution in [3.05, 3.63) is 70.8 Å². The van der Waals surface area contributed by atoms with Crippen LogP contribution in [0.3, 0.4) is 0 Å². The maximum absolute atomic E-state index is 15.0. The van der Waals surface area contributed by atoms with E-state index < -0.39 is 59.2 Å². The standard InChI is InChI=1S/C41H63N3O6/c1-14-27(4)34(43-39(48)50-41(11,12)13)37(46)44(30(7)22-20-26(2)3)35(32-23-21-28(5)29(6)24-32)36(45)42-33(38(47)49-40(8,9)10)25-31-18-16-15-17-19-31/h15-19,21,23-24,26-27,30,33-35H,14,20,22,25H2,1-13H3,(H,42,45)(H,43,48). The van der Waals surface area contributed by atoms with E-state index in [2.05, 4.69) is 24.5 Å². The number of nitrogens with one attached hydrogen (secondary N) is 2. The summed E-state index contributed by atoms with van der Waals surface area (Å²) >= 11 is 0. The number of carbonyl (C=O) groups excluding carboxylic acids is 4. The molecule has 0 heterocycles. The Morgan fingerprint density at radius 2 is 1.38 bits per heavy atom. The minimum absolute atomic E-state index is 0.202. The molecular formula is C41H63N3O6. The summed E-state index contributed by atoms with van der Waals surface area (Å²) in [4.78, 5) is 58.2. The van der Waals surface area contributed by atoms with Crippen LogP contribution in [0.5, 0.6) is 0 Å². The van der Waals surface area contributed by atoms with Gasteiger partial charge >= 0.3 is 12.1 Å². The van der Waals surface area contributed by atoms with E-state index in [9.17, 15) is 19.2 Å². The summed E-state index contributed by atoms with van der Waals surface area (Å²) in [7, 11) is 0. The Hall–Kier alpha value is -3.88. The third kappa shape index (κ3) is 13.4. The van der Waals surface area contributed by atoms with Crippen LogP contribution in [-0.2, 0) is 30.3 Å². The van der Waals surface area contributed by atoms with Crippen molar-refractivity contribution >= 4 is 23.9 Å². The highest BCUT2D eigenvalue weighted by atomic mass is 16.6. The van der Waals surface area contributed by atoms with Gasteiger partial charge in [0.2, 0.25) is 11.8 Å². The SMILES string of the molecule is CCC(C)C(NC(=O)OC(C)(C)C)C(=O)N(C(C)CCC(C)C)C(C(=O)NC(Cc1ccccc1)C(=O)OC(C)(C)C)c1ccc(C)c(C)c1. The van der Waals surface area contributed by atoms with Crippen molar-refractivity contribution in [3.63, 3.8) is 0 Å². The second-order valence-corrected chi connectivity index (χ2v) is 16.1. The number of carbonyl (C=O) groups is 4. The van der Waals surface area contributed by atoms with Gasteiger partial charge in [0.25, 0.3) is 0 Å². The molecule has 0 aliphatic heterocycles. The predicted molar refractivity (Wildman–Crippen MR) is 200 cm³/mol. The Morgan fingerprint density at radius 1 is 0.780 bits per heavy atom. The van der Waals surface area contributed by atoms with E-state index in [1.165, 1.54) is 0 Å².